The van der Waals surface area contributed by atoms with Crippen LogP contribution in [0.15, 0.2) is 30.6 Å². The molecule has 1 saturated heterocycles. The van der Waals surface area contributed by atoms with Crippen LogP contribution in [0.3, 0.4) is 0 Å². The van der Waals surface area contributed by atoms with E-state index in [4.69, 9.17) is 4.74 Å². The van der Waals surface area contributed by atoms with Crippen molar-refractivity contribution in [2.24, 2.45) is 5.92 Å². The molecule has 0 bridgehead atoms. The van der Waals surface area contributed by atoms with E-state index in [1.807, 2.05) is 31.4 Å². The Labute approximate surface area is 189 Å². The van der Waals surface area contributed by atoms with E-state index in [0.717, 1.165) is 62.9 Å². The zero-order valence-electron chi connectivity index (χ0n) is 18.9. The second-order valence-corrected chi connectivity index (χ2v) is 9.03. The molecule has 4 rings (SSSR count). The van der Waals surface area contributed by atoms with Gasteiger partial charge in [-0.2, -0.15) is 0 Å². The van der Waals surface area contributed by atoms with Gasteiger partial charge in [0.05, 0.1) is 0 Å². The first-order chi connectivity index (χ1) is 15.5. The third-order valence-electron chi connectivity index (χ3n) is 6.31. The van der Waals surface area contributed by atoms with Crippen molar-refractivity contribution in [1.82, 2.24) is 20.2 Å². The largest absolute Gasteiger partial charge is 0.483 e. The monoisotopic (exact) mass is 441 g/mol. The van der Waals surface area contributed by atoms with Gasteiger partial charge in [-0.15, -0.1) is 0 Å². The maximum absolute atomic E-state index is 13.7. The number of nitrogens with zero attached hydrogens (tertiary/aromatic N) is 4. The Balaban J connectivity index is 1.40. The van der Waals surface area contributed by atoms with Crippen molar-refractivity contribution < 1.29 is 13.9 Å². The van der Waals surface area contributed by atoms with Gasteiger partial charge < -0.3 is 15.0 Å². The molecule has 0 aliphatic carbocycles. The Kier molecular flexibility index (Phi) is 7.19. The third kappa shape index (κ3) is 5.73. The van der Waals surface area contributed by atoms with E-state index in [2.05, 4.69) is 20.2 Å². The van der Waals surface area contributed by atoms with Crippen molar-refractivity contribution in [2.45, 2.75) is 44.7 Å². The fraction of sp³-hybridized carbons (Fsp3) is 0.542. The van der Waals surface area contributed by atoms with Gasteiger partial charge in [0.15, 0.2) is 6.61 Å². The summed E-state index contributed by atoms with van der Waals surface area (Å²) in [6.07, 6.45) is 8.48. The van der Waals surface area contributed by atoms with Crippen molar-refractivity contribution in [1.29, 1.82) is 0 Å². The van der Waals surface area contributed by atoms with E-state index < -0.39 is 0 Å². The molecule has 2 aromatic rings. The molecular formula is C24H32FN5O2. The fourth-order valence-electron chi connectivity index (χ4n) is 4.65. The van der Waals surface area contributed by atoms with Gasteiger partial charge in [0, 0.05) is 57.7 Å². The van der Waals surface area contributed by atoms with Gasteiger partial charge in [0.1, 0.15) is 11.6 Å². The van der Waals surface area contributed by atoms with Crippen molar-refractivity contribution >= 4 is 11.9 Å². The van der Waals surface area contributed by atoms with E-state index in [-0.39, 0.29) is 24.4 Å². The number of hydrogen-bond donors (Lipinski definition) is 1. The minimum atomic E-state index is -0.269. The van der Waals surface area contributed by atoms with Gasteiger partial charge in [0.2, 0.25) is 5.95 Å². The second-order valence-electron chi connectivity index (χ2n) is 9.03. The number of benzene rings is 1. The van der Waals surface area contributed by atoms with Gasteiger partial charge in [-0.3, -0.25) is 9.69 Å². The average Bonchev–Trinajstić information content (AvgIpc) is 2.77. The van der Waals surface area contributed by atoms with Crippen molar-refractivity contribution in [3.05, 3.63) is 47.5 Å². The lowest BCUT2D eigenvalue weighted by atomic mass is 9.87. The molecule has 8 heteroatoms. The summed E-state index contributed by atoms with van der Waals surface area (Å²) in [5.41, 5.74) is 1.93. The number of anilines is 1. The SMILES string of the molecule is CN(C)c1ncc(CN2CC[C@@H]3NC(=O)COc4ccc(F)cc4CCCC[C@@H]3C2)cn1. The normalized spacial score (nSPS) is 22.4. The number of piperidine rings is 1. The molecule has 2 aliphatic rings. The Morgan fingerprint density at radius 2 is 2.03 bits per heavy atom. The molecule has 2 aliphatic heterocycles. The maximum atomic E-state index is 13.7. The van der Waals surface area contributed by atoms with Crippen LogP contribution in [-0.4, -0.2) is 60.6 Å². The maximum Gasteiger partial charge on any atom is 0.258 e. The fourth-order valence-corrected chi connectivity index (χ4v) is 4.65. The first kappa shape index (κ1) is 22.5. The molecule has 7 nitrogen and oxygen atoms in total. The number of likely N-dealkylation sites (tertiary alicyclic amines) is 1. The highest BCUT2D eigenvalue weighted by Crippen LogP contribution is 2.27. The quantitative estimate of drug-likeness (QED) is 0.790. The van der Waals surface area contributed by atoms with Gasteiger partial charge in [-0.05, 0) is 55.4 Å². The highest BCUT2D eigenvalue weighted by Gasteiger charge is 2.30. The number of ether oxygens (including phenoxy) is 1. The number of carbonyl (C=O) groups is 1. The first-order valence-corrected chi connectivity index (χ1v) is 11.4. The minimum absolute atomic E-state index is 0.0405. The molecule has 3 heterocycles. The molecule has 1 fully saturated rings. The van der Waals surface area contributed by atoms with Crippen LogP contribution in [0.4, 0.5) is 10.3 Å². The van der Waals surface area contributed by atoms with Gasteiger partial charge in [0.25, 0.3) is 5.91 Å². The van der Waals surface area contributed by atoms with Crippen LogP contribution in [0, 0.1) is 11.7 Å². The van der Waals surface area contributed by atoms with Crippen LogP contribution >= 0.6 is 0 Å². The highest BCUT2D eigenvalue weighted by molar-refractivity contribution is 5.78. The zero-order valence-corrected chi connectivity index (χ0v) is 18.9. The summed E-state index contributed by atoms with van der Waals surface area (Å²) in [6.45, 7) is 2.61. The number of halogens is 1. The van der Waals surface area contributed by atoms with Gasteiger partial charge in [-0.25, -0.2) is 14.4 Å². The molecule has 0 unspecified atom stereocenters. The van der Waals surface area contributed by atoms with E-state index in [9.17, 15) is 9.18 Å². The van der Waals surface area contributed by atoms with E-state index in [1.165, 1.54) is 12.1 Å². The van der Waals surface area contributed by atoms with Crippen molar-refractivity contribution in [2.75, 3.05) is 38.7 Å². The summed E-state index contributed by atoms with van der Waals surface area (Å²) in [4.78, 5) is 25.7. The van der Waals surface area contributed by atoms with Crippen LogP contribution in [0.1, 0.15) is 36.8 Å². The molecule has 0 saturated carbocycles. The molecule has 0 spiro atoms. The summed E-state index contributed by atoms with van der Waals surface area (Å²) in [5.74, 6) is 1.31. The Morgan fingerprint density at radius 1 is 1.22 bits per heavy atom. The lowest BCUT2D eigenvalue weighted by molar-refractivity contribution is -0.124. The zero-order chi connectivity index (χ0) is 22.5. The molecule has 2 atom stereocenters. The Hall–Kier alpha value is -2.74. The molecule has 0 radical (unpaired) electrons. The highest BCUT2D eigenvalue weighted by atomic mass is 19.1. The molecule has 32 heavy (non-hydrogen) atoms. The predicted octanol–water partition coefficient (Wildman–Crippen LogP) is 2.79. The summed E-state index contributed by atoms with van der Waals surface area (Å²) in [5, 5.41) is 3.19. The Bertz CT molecular complexity index is 921. The van der Waals surface area contributed by atoms with Crippen molar-refractivity contribution in [3.8, 4) is 5.75 Å². The average molecular weight is 442 g/mol. The number of nitrogens with one attached hydrogen (secondary N) is 1. The molecule has 1 aromatic heterocycles. The van der Waals surface area contributed by atoms with E-state index in [0.29, 0.717) is 17.6 Å². The van der Waals surface area contributed by atoms with Crippen molar-refractivity contribution in [3.63, 3.8) is 0 Å². The molecule has 1 aromatic carbocycles. The standard InChI is InChI=1S/C24H32FN5O2/c1-29(2)24-26-12-17(13-27-24)14-30-10-9-21-19(15-30)6-4-3-5-18-11-20(25)7-8-22(18)32-16-23(31)28-21/h7-8,11-13,19,21H,3-6,9-10,14-16H2,1-2H3,(H,28,31)/t19-,21+/m1/s1. The topological polar surface area (TPSA) is 70.6 Å². The lowest BCUT2D eigenvalue weighted by Gasteiger charge is -2.39. The predicted molar refractivity (Wildman–Crippen MR) is 121 cm³/mol. The third-order valence-corrected chi connectivity index (χ3v) is 6.31. The first-order valence-electron chi connectivity index (χ1n) is 11.4. The number of fused-ring (bicyclic) bond motifs is 2. The van der Waals surface area contributed by atoms with Gasteiger partial charge in [-0.1, -0.05) is 6.42 Å². The number of aryl methyl sites for hydroxylation is 1. The summed E-state index contributed by atoms with van der Waals surface area (Å²) in [7, 11) is 3.86. The summed E-state index contributed by atoms with van der Waals surface area (Å²) < 4.78 is 19.4. The smallest absolute Gasteiger partial charge is 0.258 e. The van der Waals surface area contributed by atoms with Crippen LogP contribution < -0.4 is 15.0 Å². The minimum Gasteiger partial charge on any atom is -0.483 e. The number of carbonyl (C=O) groups excluding carboxylic acids is 1. The van der Waals surface area contributed by atoms with Crippen LogP contribution in [-0.2, 0) is 17.8 Å². The number of hydrogen-bond acceptors (Lipinski definition) is 6. The molecular weight excluding hydrogens is 409 g/mol. The van der Waals surface area contributed by atoms with E-state index in [1.54, 1.807) is 6.07 Å². The number of amides is 1. The van der Waals surface area contributed by atoms with Crippen LogP contribution in [0.5, 0.6) is 5.75 Å². The summed E-state index contributed by atoms with van der Waals surface area (Å²) in [6, 6.07) is 4.68. The molecule has 172 valence electrons. The molecule has 1 N–H and O–H groups in total. The lowest BCUT2D eigenvalue weighted by Crippen LogP contribution is -2.51. The summed E-state index contributed by atoms with van der Waals surface area (Å²) >= 11 is 0. The Morgan fingerprint density at radius 3 is 2.81 bits per heavy atom. The van der Waals surface area contributed by atoms with Crippen LogP contribution in [0.25, 0.3) is 0 Å². The van der Waals surface area contributed by atoms with E-state index >= 15 is 0 Å². The molecule has 1 amide bonds. The van der Waals surface area contributed by atoms with Gasteiger partial charge >= 0.3 is 0 Å². The number of aromatic nitrogens is 2. The number of rotatable bonds is 3. The van der Waals surface area contributed by atoms with Crippen LogP contribution in [0.2, 0.25) is 0 Å². The second kappa shape index (κ2) is 10.3.